The second-order valence-electron chi connectivity index (χ2n) is 12.3. The Bertz CT molecular complexity index is 1720. The molecule has 2 bridgehead atoms. The Morgan fingerprint density at radius 3 is 2.40 bits per heavy atom. The first-order chi connectivity index (χ1) is 21.9. The molecule has 3 fully saturated rings. The molecule has 7 rings (SSSR count). The number of thioether (sulfide) groups is 1. The van der Waals surface area contributed by atoms with Gasteiger partial charge in [0.1, 0.15) is 18.2 Å². The van der Waals surface area contributed by atoms with Gasteiger partial charge >= 0.3 is 0 Å². The second-order valence-corrected chi connectivity index (χ2v) is 13.9. The van der Waals surface area contributed by atoms with Crippen molar-refractivity contribution in [1.29, 1.82) is 0 Å². The number of amides is 3. The smallest absolute Gasteiger partial charge is 0.245 e. The monoisotopic (exact) mass is 624 g/mol. The van der Waals surface area contributed by atoms with Gasteiger partial charge in [-0.3, -0.25) is 14.4 Å². The second kappa shape index (κ2) is 11.9. The highest BCUT2D eigenvalue weighted by Gasteiger charge is 2.76. The van der Waals surface area contributed by atoms with Crippen LogP contribution in [0.25, 0.3) is 11.0 Å². The van der Waals surface area contributed by atoms with Gasteiger partial charge in [-0.1, -0.05) is 84.9 Å². The number of nitrogens with one attached hydrogen (secondary N) is 2. The molecular weight excluding hydrogens is 588 g/mol. The van der Waals surface area contributed by atoms with Crippen molar-refractivity contribution in [2.75, 3.05) is 6.61 Å². The largest absolute Gasteiger partial charge is 0.394 e. The predicted molar refractivity (Wildman–Crippen MR) is 170 cm³/mol. The van der Waals surface area contributed by atoms with Crippen LogP contribution in [0.3, 0.4) is 0 Å². The summed E-state index contributed by atoms with van der Waals surface area (Å²) in [6.45, 7) is 2.22. The van der Waals surface area contributed by atoms with Gasteiger partial charge < -0.3 is 20.6 Å². The molecule has 3 saturated heterocycles. The molecule has 0 saturated carbocycles. The first-order valence-corrected chi connectivity index (χ1v) is 16.3. The van der Waals surface area contributed by atoms with Crippen LogP contribution in [-0.2, 0) is 34.0 Å². The number of hydrogen-bond acceptors (Lipinski definition) is 7. The molecule has 11 heteroatoms. The van der Waals surface area contributed by atoms with E-state index in [2.05, 4.69) is 27.9 Å². The van der Waals surface area contributed by atoms with Crippen molar-refractivity contribution < 1.29 is 19.5 Å². The Hall–Kier alpha value is -4.22. The minimum atomic E-state index is -0.873. The molecule has 3 aliphatic heterocycles. The van der Waals surface area contributed by atoms with Crippen LogP contribution in [0, 0.1) is 17.8 Å². The van der Waals surface area contributed by atoms with Crippen LogP contribution in [0.15, 0.2) is 84.9 Å². The number of hydrogen-bond donors (Lipinski definition) is 3. The topological polar surface area (TPSA) is 129 Å². The van der Waals surface area contributed by atoms with Crippen molar-refractivity contribution in [2.45, 2.75) is 55.1 Å². The Morgan fingerprint density at radius 2 is 1.67 bits per heavy atom. The third kappa shape index (κ3) is 4.98. The molecular formula is C34H36N6O4S. The van der Waals surface area contributed by atoms with Crippen molar-refractivity contribution in [3.63, 3.8) is 0 Å². The predicted octanol–water partition coefficient (Wildman–Crippen LogP) is 2.76. The molecule has 10 nitrogen and oxygen atoms in total. The maximum atomic E-state index is 14.6. The van der Waals surface area contributed by atoms with E-state index in [-0.39, 0.29) is 42.2 Å². The fourth-order valence-corrected chi connectivity index (χ4v) is 10.2. The fourth-order valence-electron chi connectivity index (χ4n) is 7.78. The van der Waals surface area contributed by atoms with Crippen molar-refractivity contribution in [3.05, 3.63) is 96.1 Å². The summed E-state index contributed by atoms with van der Waals surface area (Å²) in [4.78, 5) is 44.5. The zero-order valence-corrected chi connectivity index (χ0v) is 25.8. The van der Waals surface area contributed by atoms with E-state index in [1.165, 1.54) is 0 Å². The summed E-state index contributed by atoms with van der Waals surface area (Å²) in [5, 5.41) is 25.2. The molecule has 3 aromatic carbocycles. The molecule has 3 N–H and O–H groups in total. The minimum Gasteiger partial charge on any atom is -0.394 e. The maximum Gasteiger partial charge on any atom is 0.245 e. The van der Waals surface area contributed by atoms with Crippen LogP contribution in [0.2, 0.25) is 0 Å². The van der Waals surface area contributed by atoms with Crippen molar-refractivity contribution in [2.24, 2.45) is 17.8 Å². The van der Waals surface area contributed by atoms with E-state index in [0.717, 1.165) is 23.1 Å². The number of benzene rings is 3. The highest BCUT2D eigenvalue weighted by molar-refractivity contribution is 8.02. The highest BCUT2D eigenvalue weighted by Crippen LogP contribution is 2.68. The average Bonchev–Trinajstić information content (AvgIpc) is 3.79. The van der Waals surface area contributed by atoms with E-state index in [9.17, 15) is 19.5 Å². The van der Waals surface area contributed by atoms with Crippen LogP contribution in [0.4, 0.5) is 0 Å². The van der Waals surface area contributed by atoms with Crippen molar-refractivity contribution in [1.82, 2.24) is 30.5 Å². The minimum absolute atomic E-state index is 0.00337. The molecule has 3 unspecified atom stereocenters. The third-order valence-corrected chi connectivity index (χ3v) is 11.9. The van der Waals surface area contributed by atoms with Crippen molar-refractivity contribution >= 4 is 40.5 Å². The number of likely N-dealkylation sites (tertiary alicyclic amines) is 1. The number of rotatable bonds is 10. The first kappa shape index (κ1) is 29.5. The van der Waals surface area contributed by atoms with Gasteiger partial charge in [0.25, 0.3) is 0 Å². The molecule has 4 heterocycles. The molecule has 7 atom stereocenters. The van der Waals surface area contributed by atoms with Crippen LogP contribution in [-0.4, -0.2) is 71.4 Å². The standard InChI is InChI=1S/C34H36N6O4S/c1-21-16-27-28(31(42)35-18-23-12-6-3-7-13-23)29-33(44)40(24(19-41)17-22-10-4-2-5-11-22)30(34(21,29)45-27)32(43)36-20-39-26-15-9-8-14-25(26)37-38-39/h2-15,21,24,27-30,41H,16-20H2,1H3,(H,35,42)(H,36,43)/t21?,24-,27+,28-,29+,30?,34?/m1/s1. The highest BCUT2D eigenvalue weighted by atomic mass is 32.2. The molecule has 3 aliphatic rings. The van der Waals surface area contributed by atoms with E-state index >= 15 is 0 Å². The zero-order valence-electron chi connectivity index (χ0n) is 25.0. The molecule has 1 spiro atoms. The van der Waals surface area contributed by atoms with Crippen LogP contribution in [0.5, 0.6) is 0 Å². The van der Waals surface area contributed by atoms with Gasteiger partial charge in [-0.15, -0.1) is 16.9 Å². The summed E-state index contributed by atoms with van der Waals surface area (Å²) in [6, 6.07) is 25.4. The Balaban J connectivity index is 1.22. The molecule has 0 aliphatic carbocycles. The number of nitrogens with zero attached hydrogens (tertiary/aromatic N) is 4. The summed E-state index contributed by atoms with van der Waals surface area (Å²) >= 11 is 1.62. The number of carbonyl (C=O) groups excluding carboxylic acids is 3. The van der Waals surface area contributed by atoms with E-state index in [1.807, 2.05) is 84.9 Å². The molecule has 1 aromatic heterocycles. The third-order valence-electron chi connectivity index (χ3n) is 9.79. The summed E-state index contributed by atoms with van der Waals surface area (Å²) in [5.74, 6) is -1.97. The Labute approximate surface area is 265 Å². The SMILES string of the molecule is CC1C[C@@H]2SC13C(C(=O)NCn1nnc4ccccc41)N([C@@H](CO)Cc1ccccc1)C(=O)[C@@H]3[C@@H]2C(=O)NCc1ccccc1. The number of aliphatic hydroxyl groups is 1. The summed E-state index contributed by atoms with van der Waals surface area (Å²) < 4.78 is 0.814. The quantitative estimate of drug-likeness (QED) is 0.248. The molecule has 232 valence electrons. The molecule has 0 radical (unpaired) electrons. The number of aliphatic hydroxyl groups excluding tert-OH is 1. The van der Waals surface area contributed by atoms with Gasteiger partial charge in [-0.05, 0) is 42.0 Å². The van der Waals surface area contributed by atoms with E-state index in [4.69, 9.17) is 0 Å². The van der Waals surface area contributed by atoms with Crippen LogP contribution >= 0.6 is 11.8 Å². The van der Waals surface area contributed by atoms with Gasteiger partial charge in [0.15, 0.2) is 0 Å². The van der Waals surface area contributed by atoms with Gasteiger partial charge in [0.2, 0.25) is 17.7 Å². The number of fused-ring (bicyclic) bond motifs is 2. The van der Waals surface area contributed by atoms with Crippen molar-refractivity contribution in [3.8, 4) is 0 Å². The van der Waals surface area contributed by atoms with Crippen LogP contribution < -0.4 is 10.6 Å². The summed E-state index contributed by atoms with van der Waals surface area (Å²) in [5.41, 5.74) is 3.43. The summed E-state index contributed by atoms with van der Waals surface area (Å²) in [6.07, 6.45) is 1.11. The number of aromatic nitrogens is 3. The van der Waals surface area contributed by atoms with E-state index in [0.29, 0.717) is 18.5 Å². The zero-order chi connectivity index (χ0) is 31.1. The molecule has 4 aromatic rings. The maximum absolute atomic E-state index is 14.6. The van der Waals surface area contributed by atoms with E-state index < -0.39 is 28.7 Å². The Morgan fingerprint density at radius 1 is 0.978 bits per heavy atom. The fraction of sp³-hybridized carbons (Fsp3) is 0.382. The lowest BCUT2D eigenvalue weighted by Gasteiger charge is -2.40. The number of para-hydroxylation sites is 1. The molecule has 3 amide bonds. The number of carbonyl (C=O) groups is 3. The molecule has 45 heavy (non-hydrogen) atoms. The average molecular weight is 625 g/mol. The lowest BCUT2D eigenvalue weighted by atomic mass is 9.66. The van der Waals surface area contributed by atoms with Gasteiger partial charge in [0.05, 0.1) is 34.7 Å². The Kier molecular flexibility index (Phi) is 7.83. The summed E-state index contributed by atoms with van der Waals surface area (Å²) in [7, 11) is 0. The van der Waals surface area contributed by atoms with Gasteiger partial charge in [0, 0.05) is 11.8 Å². The lowest BCUT2D eigenvalue weighted by molar-refractivity contribution is -0.142. The first-order valence-electron chi connectivity index (χ1n) is 15.4. The van der Waals surface area contributed by atoms with Gasteiger partial charge in [-0.25, -0.2) is 4.68 Å². The van der Waals surface area contributed by atoms with E-state index in [1.54, 1.807) is 21.3 Å². The lowest BCUT2D eigenvalue weighted by Crippen LogP contribution is -2.59. The van der Waals surface area contributed by atoms with Gasteiger partial charge in [-0.2, -0.15) is 0 Å². The normalized spacial score (nSPS) is 27.5. The van der Waals surface area contributed by atoms with Crippen LogP contribution in [0.1, 0.15) is 24.5 Å².